The molecule has 1 aromatic carbocycles. The van der Waals surface area contributed by atoms with Crippen molar-refractivity contribution in [2.24, 2.45) is 0 Å². The van der Waals surface area contributed by atoms with Gasteiger partial charge in [-0.05, 0) is 56.1 Å². The molecule has 0 bridgehead atoms. The van der Waals surface area contributed by atoms with Gasteiger partial charge >= 0.3 is 0 Å². The summed E-state index contributed by atoms with van der Waals surface area (Å²) in [5, 5.41) is 3.39. The number of benzene rings is 1. The summed E-state index contributed by atoms with van der Waals surface area (Å²) in [5.41, 5.74) is 1.94. The maximum absolute atomic E-state index is 13.3. The standard InChI is InChI=1S/C16H19F2NS/c1-4-19-15(16-5-10(2)11(3)20-16)8-12-6-13(17)9-14(18)7-12/h5-7,9,15,19H,4,8H2,1-3H3. The van der Waals surface area contributed by atoms with Crippen molar-refractivity contribution in [1.29, 1.82) is 0 Å². The Morgan fingerprint density at radius 1 is 1.10 bits per heavy atom. The monoisotopic (exact) mass is 295 g/mol. The van der Waals surface area contributed by atoms with E-state index >= 15 is 0 Å². The maximum atomic E-state index is 13.3. The van der Waals surface area contributed by atoms with E-state index in [0.29, 0.717) is 12.0 Å². The summed E-state index contributed by atoms with van der Waals surface area (Å²) in [6.07, 6.45) is 0.585. The fourth-order valence-corrected chi connectivity index (χ4v) is 3.38. The second kappa shape index (κ2) is 6.46. The van der Waals surface area contributed by atoms with E-state index in [-0.39, 0.29) is 6.04 Å². The van der Waals surface area contributed by atoms with E-state index in [1.54, 1.807) is 11.3 Å². The minimum absolute atomic E-state index is 0.0959. The van der Waals surface area contributed by atoms with Crippen LogP contribution in [-0.4, -0.2) is 6.54 Å². The van der Waals surface area contributed by atoms with Gasteiger partial charge < -0.3 is 5.32 Å². The van der Waals surface area contributed by atoms with E-state index in [0.717, 1.165) is 12.6 Å². The molecule has 0 saturated heterocycles. The van der Waals surface area contributed by atoms with Crippen molar-refractivity contribution >= 4 is 11.3 Å². The minimum atomic E-state index is -0.520. The molecule has 4 heteroatoms. The fourth-order valence-electron chi connectivity index (χ4n) is 2.26. The van der Waals surface area contributed by atoms with E-state index in [2.05, 4.69) is 25.2 Å². The number of aryl methyl sites for hydroxylation is 2. The van der Waals surface area contributed by atoms with Crippen LogP contribution in [0.5, 0.6) is 0 Å². The van der Waals surface area contributed by atoms with E-state index < -0.39 is 11.6 Å². The zero-order valence-electron chi connectivity index (χ0n) is 12.0. The van der Waals surface area contributed by atoms with Crippen molar-refractivity contribution in [3.05, 3.63) is 56.8 Å². The normalized spacial score (nSPS) is 12.7. The van der Waals surface area contributed by atoms with Crippen molar-refractivity contribution in [3.63, 3.8) is 0 Å². The molecule has 1 unspecified atom stereocenters. The van der Waals surface area contributed by atoms with Gasteiger partial charge in [0.25, 0.3) is 0 Å². The highest BCUT2D eigenvalue weighted by atomic mass is 32.1. The van der Waals surface area contributed by atoms with E-state index in [1.807, 2.05) is 6.92 Å². The van der Waals surface area contributed by atoms with Crippen LogP contribution in [0, 0.1) is 25.5 Å². The molecule has 1 N–H and O–H groups in total. The van der Waals surface area contributed by atoms with Crippen molar-refractivity contribution < 1.29 is 8.78 Å². The Morgan fingerprint density at radius 3 is 2.25 bits per heavy atom. The predicted octanol–water partition coefficient (Wildman–Crippen LogP) is 4.54. The van der Waals surface area contributed by atoms with Crippen LogP contribution < -0.4 is 5.32 Å². The van der Waals surface area contributed by atoms with E-state index in [9.17, 15) is 8.78 Å². The lowest BCUT2D eigenvalue weighted by Crippen LogP contribution is -2.22. The Bertz CT molecular complexity index is 552. The number of thiophene rings is 1. The number of nitrogens with one attached hydrogen (secondary N) is 1. The fraction of sp³-hybridized carbons (Fsp3) is 0.375. The minimum Gasteiger partial charge on any atom is -0.309 e. The number of hydrogen-bond acceptors (Lipinski definition) is 2. The molecule has 2 rings (SSSR count). The summed E-state index contributed by atoms with van der Waals surface area (Å²) in [6, 6.07) is 5.97. The van der Waals surface area contributed by atoms with Crippen molar-refractivity contribution in [2.45, 2.75) is 33.2 Å². The lowest BCUT2D eigenvalue weighted by Gasteiger charge is -2.16. The van der Waals surface area contributed by atoms with Crippen LogP contribution in [-0.2, 0) is 6.42 Å². The molecule has 1 nitrogen and oxygen atoms in total. The van der Waals surface area contributed by atoms with Crippen molar-refractivity contribution in [3.8, 4) is 0 Å². The van der Waals surface area contributed by atoms with Gasteiger partial charge in [0.2, 0.25) is 0 Å². The highest BCUT2D eigenvalue weighted by Gasteiger charge is 2.15. The molecule has 20 heavy (non-hydrogen) atoms. The van der Waals surface area contributed by atoms with Gasteiger partial charge in [-0.2, -0.15) is 0 Å². The molecule has 0 amide bonds. The maximum Gasteiger partial charge on any atom is 0.126 e. The highest BCUT2D eigenvalue weighted by molar-refractivity contribution is 7.12. The Kier molecular flexibility index (Phi) is 4.89. The Balaban J connectivity index is 2.24. The molecule has 0 radical (unpaired) electrons. The molecule has 1 aromatic heterocycles. The summed E-state index contributed by atoms with van der Waals surface area (Å²) in [4.78, 5) is 2.50. The van der Waals surface area contributed by atoms with Crippen molar-refractivity contribution in [2.75, 3.05) is 6.54 Å². The van der Waals surface area contributed by atoms with Crippen LogP contribution in [0.2, 0.25) is 0 Å². The van der Waals surface area contributed by atoms with Crippen LogP contribution in [0.3, 0.4) is 0 Å². The smallest absolute Gasteiger partial charge is 0.126 e. The molecule has 0 aliphatic heterocycles. The molecular formula is C16H19F2NS. The number of halogens is 2. The third kappa shape index (κ3) is 3.64. The third-order valence-electron chi connectivity index (χ3n) is 3.34. The van der Waals surface area contributed by atoms with Gasteiger partial charge in [-0.15, -0.1) is 11.3 Å². The second-order valence-electron chi connectivity index (χ2n) is 4.98. The molecule has 108 valence electrons. The van der Waals surface area contributed by atoms with Gasteiger partial charge in [0, 0.05) is 21.9 Å². The lowest BCUT2D eigenvalue weighted by atomic mass is 10.0. The first-order valence-electron chi connectivity index (χ1n) is 6.75. The van der Waals surface area contributed by atoms with Crippen LogP contribution in [0.4, 0.5) is 8.78 Å². The van der Waals surface area contributed by atoms with Gasteiger partial charge in [-0.1, -0.05) is 6.92 Å². The SMILES string of the molecule is CCNC(Cc1cc(F)cc(F)c1)c1cc(C)c(C)s1. The molecule has 2 aromatic rings. The van der Waals surface area contributed by atoms with Gasteiger partial charge in [0.15, 0.2) is 0 Å². The van der Waals surface area contributed by atoms with Crippen LogP contribution in [0.25, 0.3) is 0 Å². The summed E-state index contributed by atoms with van der Waals surface area (Å²) in [6.45, 7) is 7.03. The largest absolute Gasteiger partial charge is 0.309 e. The average molecular weight is 295 g/mol. The summed E-state index contributed by atoms with van der Waals surface area (Å²) in [7, 11) is 0. The number of rotatable bonds is 5. The molecule has 1 atom stereocenters. The predicted molar refractivity (Wildman–Crippen MR) is 80.3 cm³/mol. The zero-order valence-corrected chi connectivity index (χ0v) is 12.8. The van der Waals surface area contributed by atoms with Crippen LogP contribution in [0.1, 0.15) is 33.8 Å². The Hall–Kier alpha value is -1.26. The molecular weight excluding hydrogens is 276 g/mol. The summed E-state index contributed by atoms with van der Waals surface area (Å²) in [5.74, 6) is -1.04. The van der Waals surface area contributed by atoms with E-state index in [1.165, 1.54) is 27.5 Å². The second-order valence-corrected chi connectivity index (χ2v) is 6.27. The first kappa shape index (κ1) is 15.1. The van der Waals surface area contributed by atoms with Crippen molar-refractivity contribution in [1.82, 2.24) is 5.32 Å². The molecule has 0 aliphatic rings. The summed E-state index contributed by atoms with van der Waals surface area (Å²) < 4.78 is 26.6. The average Bonchev–Trinajstić information content (AvgIpc) is 2.68. The number of likely N-dealkylation sites (N-methyl/N-ethyl adjacent to an activating group) is 1. The quantitative estimate of drug-likeness (QED) is 0.854. The molecule has 0 aliphatic carbocycles. The first-order valence-corrected chi connectivity index (χ1v) is 7.56. The van der Waals surface area contributed by atoms with Gasteiger partial charge in [0.1, 0.15) is 11.6 Å². The number of hydrogen-bond donors (Lipinski definition) is 1. The lowest BCUT2D eigenvalue weighted by molar-refractivity contribution is 0.545. The van der Waals surface area contributed by atoms with Gasteiger partial charge in [0.05, 0.1) is 0 Å². The summed E-state index contributed by atoms with van der Waals surface area (Å²) >= 11 is 1.74. The molecule has 0 spiro atoms. The third-order valence-corrected chi connectivity index (χ3v) is 4.61. The molecule has 0 fully saturated rings. The zero-order chi connectivity index (χ0) is 14.7. The van der Waals surface area contributed by atoms with Gasteiger partial charge in [-0.25, -0.2) is 8.78 Å². The Morgan fingerprint density at radius 2 is 1.75 bits per heavy atom. The van der Waals surface area contributed by atoms with Gasteiger partial charge in [-0.3, -0.25) is 0 Å². The van der Waals surface area contributed by atoms with Crippen LogP contribution >= 0.6 is 11.3 Å². The van der Waals surface area contributed by atoms with E-state index in [4.69, 9.17) is 0 Å². The Labute approximate surface area is 122 Å². The molecule has 1 heterocycles. The molecule has 0 saturated carbocycles. The topological polar surface area (TPSA) is 12.0 Å². The first-order chi connectivity index (χ1) is 9.49. The van der Waals surface area contributed by atoms with Crippen LogP contribution in [0.15, 0.2) is 24.3 Å². The highest BCUT2D eigenvalue weighted by Crippen LogP contribution is 2.29.